The van der Waals surface area contributed by atoms with E-state index >= 15 is 0 Å². The van der Waals surface area contributed by atoms with Crippen LogP contribution in [0.2, 0.25) is 0 Å². The molecule has 0 atom stereocenters. The minimum Gasteiger partial charge on any atom is -0.359 e. The summed E-state index contributed by atoms with van der Waals surface area (Å²) in [5.41, 5.74) is 2.33. The summed E-state index contributed by atoms with van der Waals surface area (Å²) in [6, 6.07) is 2.90. The zero-order chi connectivity index (χ0) is 13.2. The Morgan fingerprint density at radius 2 is 2.28 bits per heavy atom. The van der Waals surface area contributed by atoms with Gasteiger partial charge in [-0.05, 0) is 31.7 Å². The van der Waals surface area contributed by atoms with Gasteiger partial charge in [-0.25, -0.2) is 10.8 Å². The van der Waals surface area contributed by atoms with Gasteiger partial charge in [0.05, 0.1) is 4.92 Å². The molecule has 0 amide bonds. The van der Waals surface area contributed by atoms with Gasteiger partial charge in [-0.15, -0.1) is 0 Å². The third-order valence-electron chi connectivity index (χ3n) is 3.59. The van der Waals surface area contributed by atoms with E-state index in [9.17, 15) is 10.1 Å². The van der Waals surface area contributed by atoms with Crippen LogP contribution in [0.25, 0.3) is 0 Å². The second kappa shape index (κ2) is 4.77. The van der Waals surface area contributed by atoms with Crippen LogP contribution in [0.5, 0.6) is 0 Å². The van der Waals surface area contributed by atoms with Crippen LogP contribution in [0.4, 0.5) is 17.3 Å². The van der Waals surface area contributed by atoms with Crippen LogP contribution in [0.1, 0.15) is 32.6 Å². The van der Waals surface area contributed by atoms with Crippen molar-refractivity contribution in [3.05, 3.63) is 22.2 Å². The van der Waals surface area contributed by atoms with Gasteiger partial charge in [-0.2, -0.15) is 0 Å². The number of nitrogens with two attached hydrogens (primary N) is 1. The Kier molecular flexibility index (Phi) is 3.33. The molecule has 18 heavy (non-hydrogen) atoms. The number of anilines is 2. The summed E-state index contributed by atoms with van der Waals surface area (Å²) in [6.07, 6.45) is 4.10. The van der Waals surface area contributed by atoms with E-state index in [1.165, 1.54) is 12.1 Å². The lowest BCUT2D eigenvalue weighted by molar-refractivity contribution is -0.384. The van der Waals surface area contributed by atoms with Crippen LogP contribution in [0.3, 0.4) is 0 Å². The lowest BCUT2D eigenvalue weighted by Gasteiger charge is -2.42. The molecule has 0 bridgehead atoms. The third kappa shape index (κ3) is 2.21. The van der Waals surface area contributed by atoms with Gasteiger partial charge < -0.3 is 10.7 Å². The molecular weight excluding hydrogens is 234 g/mol. The maximum Gasteiger partial charge on any atom is 0.311 e. The van der Waals surface area contributed by atoms with E-state index < -0.39 is 4.92 Å². The lowest BCUT2D eigenvalue weighted by Crippen LogP contribution is -2.44. The lowest BCUT2D eigenvalue weighted by atomic mass is 9.75. The highest BCUT2D eigenvalue weighted by molar-refractivity contribution is 5.61. The molecule has 0 radical (unpaired) electrons. The van der Waals surface area contributed by atoms with Crippen LogP contribution in [-0.2, 0) is 0 Å². The van der Waals surface area contributed by atoms with Crippen LogP contribution in [0.15, 0.2) is 12.1 Å². The average Bonchev–Trinajstić information content (AvgIpc) is 2.33. The fourth-order valence-corrected chi connectivity index (χ4v) is 2.19. The van der Waals surface area contributed by atoms with Crippen LogP contribution < -0.4 is 16.6 Å². The highest BCUT2D eigenvalue weighted by Gasteiger charge is 2.37. The molecule has 0 saturated heterocycles. The number of aromatic nitrogens is 1. The highest BCUT2D eigenvalue weighted by Crippen LogP contribution is 2.39. The molecule has 1 saturated carbocycles. The Morgan fingerprint density at radius 1 is 1.56 bits per heavy atom. The van der Waals surface area contributed by atoms with Crippen molar-refractivity contribution in [2.24, 2.45) is 5.84 Å². The van der Waals surface area contributed by atoms with Crippen molar-refractivity contribution in [3.63, 3.8) is 0 Å². The van der Waals surface area contributed by atoms with Crippen molar-refractivity contribution in [3.8, 4) is 0 Å². The summed E-state index contributed by atoms with van der Waals surface area (Å²) in [5.74, 6) is 5.98. The van der Waals surface area contributed by atoms with Gasteiger partial charge >= 0.3 is 5.69 Å². The second-order valence-corrected chi connectivity index (χ2v) is 4.58. The van der Waals surface area contributed by atoms with Crippen molar-refractivity contribution in [1.29, 1.82) is 0 Å². The first-order chi connectivity index (χ1) is 8.60. The number of nitrogens with one attached hydrogen (secondary N) is 2. The van der Waals surface area contributed by atoms with Crippen molar-refractivity contribution in [2.45, 2.75) is 38.1 Å². The first-order valence-corrected chi connectivity index (χ1v) is 6.00. The number of hydrogen-bond donors (Lipinski definition) is 3. The summed E-state index contributed by atoms with van der Waals surface area (Å²) in [7, 11) is 0. The first kappa shape index (κ1) is 12.6. The smallest absolute Gasteiger partial charge is 0.311 e. The van der Waals surface area contributed by atoms with Gasteiger partial charge in [0.1, 0.15) is 5.82 Å². The van der Waals surface area contributed by atoms with E-state index in [0.29, 0.717) is 5.82 Å². The quantitative estimate of drug-likeness (QED) is 0.420. The number of hydrazine groups is 1. The number of hydrogen-bond acceptors (Lipinski definition) is 6. The summed E-state index contributed by atoms with van der Waals surface area (Å²) in [4.78, 5) is 14.7. The molecule has 7 nitrogen and oxygen atoms in total. The summed E-state index contributed by atoms with van der Waals surface area (Å²) in [5, 5.41) is 14.2. The van der Waals surface area contributed by atoms with E-state index in [1.807, 2.05) is 0 Å². The fourth-order valence-electron chi connectivity index (χ4n) is 2.19. The Morgan fingerprint density at radius 3 is 2.72 bits per heavy atom. The highest BCUT2D eigenvalue weighted by atomic mass is 16.6. The summed E-state index contributed by atoms with van der Waals surface area (Å²) >= 11 is 0. The van der Waals surface area contributed by atoms with Crippen molar-refractivity contribution in [1.82, 2.24) is 4.98 Å². The van der Waals surface area contributed by atoms with Crippen LogP contribution in [-0.4, -0.2) is 15.4 Å². The van der Waals surface area contributed by atoms with Crippen molar-refractivity contribution < 1.29 is 4.92 Å². The molecule has 1 aliphatic carbocycles. The van der Waals surface area contributed by atoms with Gasteiger partial charge in [-0.3, -0.25) is 10.1 Å². The molecule has 0 aromatic carbocycles. The molecule has 98 valence electrons. The Bertz CT molecular complexity index is 453. The molecule has 0 unspecified atom stereocenters. The number of nitrogens with zero attached hydrogens (tertiary/aromatic N) is 2. The number of pyridine rings is 1. The van der Waals surface area contributed by atoms with Crippen LogP contribution >= 0.6 is 0 Å². The molecule has 1 aliphatic rings. The van der Waals surface area contributed by atoms with E-state index in [0.717, 1.165) is 25.7 Å². The molecule has 1 heterocycles. The van der Waals surface area contributed by atoms with Crippen molar-refractivity contribution >= 4 is 17.3 Å². The first-order valence-electron chi connectivity index (χ1n) is 6.00. The van der Waals surface area contributed by atoms with Gasteiger partial charge in [0.2, 0.25) is 5.82 Å². The molecule has 4 N–H and O–H groups in total. The van der Waals surface area contributed by atoms with E-state index in [1.54, 1.807) is 0 Å². The topological polar surface area (TPSA) is 106 Å². The SMILES string of the molecule is CCC1(Nc2nc(NN)ccc2[N+](=O)[O-])CCC1. The standard InChI is InChI=1S/C11H17N5O2/c1-2-11(6-3-7-11)14-10-8(16(17)18)4-5-9(13-10)15-12/h4-5H,2-3,6-7,12H2,1H3,(H2,13,14,15). The molecule has 1 fully saturated rings. The molecule has 1 aromatic heterocycles. The maximum absolute atomic E-state index is 11.0. The third-order valence-corrected chi connectivity index (χ3v) is 3.59. The van der Waals surface area contributed by atoms with Gasteiger partial charge in [-0.1, -0.05) is 6.92 Å². The normalized spacial score (nSPS) is 16.8. The summed E-state index contributed by atoms with van der Waals surface area (Å²) in [6.45, 7) is 2.07. The molecule has 7 heteroatoms. The van der Waals surface area contributed by atoms with E-state index in [4.69, 9.17) is 5.84 Å². The molecule has 0 spiro atoms. The van der Waals surface area contributed by atoms with Crippen LogP contribution in [0, 0.1) is 10.1 Å². The minimum absolute atomic E-state index is 0.0197. The molecule has 0 aliphatic heterocycles. The Labute approximate surface area is 105 Å². The summed E-state index contributed by atoms with van der Waals surface area (Å²) < 4.78 is 0. The molecule has 2 rings (SSSR count). The number of nitro groups is 1. The van der Waals surface area contributed by atoms with Crippen molar-refractivity contribution in [2.75, 3.05) is 10.7 Å². The second-order valence-electron chi connectivity index (χ2n) is 4.58. The van der Waals surface area contributed by atoms with E-state index in [2.05, 4.69) is 22.7 Å². The largest absolute Gasteiger partial charge is 0.359 e. The monoisotopic (exact) mass is 251 g/mol. The predicted octanol–water partition coefficient (Wildman–Crippen LogP) is 2.02. The number of rotatable bonds is 5. The minimum atomic E-state index is -0.433. The average molecular weight is 251 g/mol. The predicted molar refractivity (Wildman–Crippen MR) is 69.2 cm³/mol. The zero-order valence-electron chi connectivity index (χ0n) is 10.3. The van der Waals surface area contributed by atoms with Gasteiger partial charge in [0.15, 0.2) is 0 Å². The Hall–Kier alpha value is -1.89. The maximum atomic E-state index is 11.0. The Balaban J connectivity index is 2.31. The molecular formula is C11H17N5O2. The number of nitrogen functional groups attached to an aromatic ring is 1. The zero-order valence-corrected chi connectivity index (χ0v) is 10.3. The fraction of sp³-hybridized carbons (Fsp3) is 0.545. The van der Waals surface area contributed by atoms with Gasteiger partial charge in [0.25, 0.3) is 0 Å². The van der Waals surface area contributed by atoms with Gasteiger partial charge in [0, 0.05) is 11.6 Å². The molecule has 1 aromatic rings. The van der Waals surface area contributed by atoms with E-state index in [-0.39, 0.29) is 17.0 Å².